The van der Waals surface area contributed by atoms with Crippen LogP contribution in [0.3, 0.4) is 0 Å². The molecule has 1 aliphatic carbocycles. The molecule has 0 aliphatic heterocycles. The molecule has 0 spiro atoms. The third-order valence-corrected chi connectivity index (χ3v) is 6.73. The molecule has 0 bridgehead atoms. The molecular formula is C21H24N2O4S. The maximum absolute atomic E-state index is 12.6. The molecule has 6 nitrogen and oxygen atoms in total. The van der Waals surface area contributed by atoms with Crippen LogP contribution in [-0.2, 0) is 11.3 Å². The highest BCUT2D eigenvalue weighted by molar-refractivity contribution is 7.21. The summed E-state index contributed by atoms with van der Waals surface area (Å²) in [6.07, 6.45) is 9.12. The first-order valence-electron chi connectivity index (χ1n) is 9.59. The van der Waals surface area contributed by atoms with Gasteiger partial charge in [-0.05, 0) is 36.5 Å². The highest BCUT2D eigenvalue weighted by Gasteiger charge is 2.30. The van der Waals surface area contributed by atoms with E-state index in [1.54, 1.807) is 37.6 Å². The van der Waals surface area contributed by atoms with Crippen molar-refractivity contribution >= 4 is 33.4 Å². The number of nitrogens with zero attached hydrogens (tertiary/aromatic N) is 2. The third kappa shape index (κ3) is 3.24. The van der Waals surface area contributed by atoms with Gasteiger partial charge in [-0.3, -0.25) is 4.79 Å². The van der Waals surface area contributed by atoms with Crippen LogP contribution in [0, 0.1) is 0 Å². The van der Waals surface area contributed by atoms with E-state index in [1.165, 1.54) is 36.2 Å². The number of likely N-dealkylation sites (N-methyl/N-ethyl adjacent to an activating group) is 1. The Kier molecular flexibility index (Phi) is 5.02. The number of carboxylic acids is 1. The molecule has 1 amide bonds. The number of aromatic nitrogens is 1. The second-order valence-electron chi connectivity index (χ2n) is 7.61. The molecule has 4 rings (SSSR count). The van der Waals surface area contributed by atoms with Crippen LogP contribution in [0.25, 0.3) is 21.5 Å². The van der Waals surface area contributed by atoms with Crippen molar-refractivity contribution in [3.05, 3.63) is 35.1 Å². The van der Waals surface area contributed by atoms with Gasteiger partial charge in [0.15, 0.2) is 0 Å². The summed E-state index contributed by atoms with van der Waals surface area (Å²) in [5, 5.41) is 9.53. The van der Waals surface area contributed by atoms with E-state index in [9.17, 15) is 14.7 Å². The number of hydrogen-bond acceptors (Lipinski definition) is 4. The van der Waals surface area contributed by atoms with Gasteiger partial charge in [0.1, 0.15) is 11.4 Å². The Bertz CT molecular complexity index is 1010. The standard InChI is InChI=1S/C21H24N2O4S/c1-22(2)17(24)11-23-15-10-16(21(25)26)28-20(15)18(13-6-4-3-5-7-13)19(23)14-8-9-27-12-14/h8-10,12-13H,3-7,11H2,1-2H3,(H,25,26). The number of carbonyl (C=O) groups is 2. The SMILES string of the molecule is CN(C)C(=O)Cn1c(-c2ccoc2)c(C2CCCCC2)c2sc(C(=O)O)cc21. The summed E-state index contributed by atoms with van der Waals surface area (Å²) in [7, 11) is 3.47. The van der Waals surface area contributed by atoms with Gasteiger partial charge in [0, 0.05) is 19.7 Å². The highest BCUT2D eigenvalue weighted by Crippen LogP contribution is 2.46. The van der Waals surface area contributed by atoms with Gasteiger partial charge in [0.05, 0.1) is 28.4 Å². The largest absolute Gasteiger partial charge is 0.477 e. The number of amides is 1. The number of furan rings is 1. The minimum absolute atomic E-state index is 0.0279. The van der Waals surface area contributed by atoms with Crippen molar-refractivity contribution < 1.29 is 19.1 Å². The molecule has 7 heteroatoms. The first-order chi connectivity index (χ1) is 13.5. The number of carbonyl (C=O) groups excluding carboxylic acids is 1. The average molecular weight is 401 g/mol. The summed E-state index contributed by atoms with van der Waals surface area (Å²) in [6, 6.07) is 3.63. The Morgan fingerprint density at radius 1 is 1.29 bits per heavy atom. The number of carboxylic acid groups (broad SMARTS) is 1. The molecule has 0 aromatic carbocycles. The van der Waals surface area contributed by atoms with Gasteiger partial charge in [-0.1, -0.05) is 19.3 Å². The summed E-state index contributed by atoms with van der Waals surface area (Å²) >= 11 is 1.32. The number of rotatable bonds is 5. The minimum Gasteiger partial charge on any atom is -0.477 e. The zero-order valence-electron chi connectivity index (χ0n) is 16.1. The van der Waals surface area contributed by atoms with Crippen LogP contribution in [0.1, 0.15) is 53.3 Å². The smallest absolute Gasteiger partial charge is 0.345 e. The fraction of sp³-hybridized carbons (Fsp3) is 0.429. The molecule has 1 N–H and O–H groups in total. The van der Waals surface area contributed by atoms with Crippen LogP contribution in [0.2, 0.25) is 0 Å². The van der Waals surface area contributed by atoms with Gasteiger partial charge in [-0.15, -0.1) is 11.3 Å². The van der Waals surface area contributed by atoms with Crippen molar-refractivity contribution in [2.75, 3.05) is 14.1 Å². The summed E-state index contributed by atoms with van der Waals surface area (Å²) in [6.45, 7) is 0.173. The molecule has 28 heavy (non-hydrogen) atoms. The highest BCUT2D eigenvalue weighted by atomic mass is 32.1. The zero-order valence-corrected chi connectivity index (χ0v) is 16.9. The molecule has 148 valence electrons. The van der Waals surface area contributed by atoms with Crippen molar-refractivity contribution in [2.45, 2.75) is 44.6 Å². The molecule has 3 aromatic heterocycles. The Hall–Kier alpha value is -2.54. The van der Waals surface area contributed by atoms with Gasteiger partial charge < -0.3 is 19.0 Å². The summed E-state index contributed by atoms with van der Waals surface area (Å²) in [5.74, 6) is -0.580. The second-order valence-corrected chi connectivity index (χ2v) is 8.67. The first kappa shape index (κ1) is 18.8. The number of fused-ring (bicyclic) bond motifs is 1. The van der Waals surface area contributed by atoms with Crippen molar-refractivity contribution in [1.29, 1.82) is 0 Å². The Balaban J connectivity index is 1.98. The fourth-order valence-electron chi connectivity index (χ4n) is 4.18. The van der Waals surface area contributed by atoms with E-state index in [-0.39, 0.29) is 12.5 Å². The molecule has 1 saturated carbocycles. The molecule has 1 fully saturated rings. The average Bonchev–Trinajstić information content (AvgIpc) is 3.38. The van der Waals surface area contributed by atoms with Crippen molar-refractivity contribution in [1.82, 2.24) is 9.47 Å². The van der Waals surface area contributed by atoms with E-state index in [0.717, 1.165) is 34.3 Å². The topological polar surface area (TPSA) is 75.7 Å². The monoisotopic (exact) mass is 400 g/mol. The molecule has 0 unspecified atom stereocenters. The van der Waals surface area contributed by atoms with Crippen LogP contribution >= 0.6 is 11.3 Å². The Labute approximate surface area is 167 Å². The van der Waals surface area contributed by atoms with E-state index >= 15 is 0 Å². The zero-order chi connectivity index (χ0) is 19.8. The van der Waals surface area contributed by atoms with Gasteiger partial charge in [0.25, 0.3) is 0 Å². The van der Waals surface area contributed by atoms with Gasteiger partial charge in [-0.25, -0.2) is 4.79 Å². The molecular weight excluding hydrogens is 376 g/mol. The van der Waals surface area contributed by atoms with Crippen molar-refractivity contribution in [2.24, 2.45) is 0 Å². The van der Waals surface area contributed by atoms with Crippen LogP contribution in [-0.4, -0.2) is 40.5 Å². The summed E-state index contributed by atoms with van der Waals surface area (Å²) in [4.78, 5) is 26.1. The van der Waals surface area contributed by atoms with E-state index in [4.69, 9.17) is 4.42 Å². The first-order valence-corrected chi connectivity index (χ1v) is 10.4. The predicted octanol–water partition coefficient (Wildman–Crippen LogP) is 4.80. The molecule has 0 atom stereocenters. The van der Waals surface area contributed by atoms with Gasteiger partial charge >= 0.3 is 5.97 Å². The van der Waals surface area contributed by atoms with Crippen LogP contribution in [0.4, 0.5) is 0 Å². The lowest BCUT2D eigenvalue weighted by molar-refractivity contribution is -0.129. The van der Waals surface area contributed by atoms with E-state index < -0.39 is 5.97 Å². The predicted molar refractivity (Wildman–Crippen MR) is 109 cm³/mol. The number of thiophene rings is 1. The Morgan fingerprint density at radius 3 is 2.64 bits per heavy atom. The molecule has 0 saturated heterocycles. The van der Waals surface area contributed by atoms with Gasteiger partial charge in [-0.2, -0.15) is 0 Å². The van der Waals surface area contributed by atoms with Crippen molar-refractivity contribution in [3.63, 3.8) is 0 Å². The summed E-state index contributed by atoms with van der Waals surface area (Å²) in [5.41, 5.74) is 3.94. The third-order valence-electron chi connectivity index (χ3n) is 5.58. The molecule has 0 radical (unpaired) electrons. The van der Waals surface area contributed by atoms with Crippen LogP contribution < -0.4 is 0 Å². The normalized spacial score (nSPS) is 15.2. The van der Waals surface area contributed by atoms with E-state index in [0.29, 0.717) is 10.8 Å². The molecule has 1 aliphatic rings. The fourth-order valence-corrected chi connectivity index (χ4v) is 5.30. The molecule has 3 heterocycles. The van der Waals surface area contributed by atoms with Crippen molar-refractivity contribution in [3.8, 4) is 11.3 Å². The molecule has 3 aromatic rings. The summed E-state index contributed by atoms with van der Waals surface area (Å²) < 4.78 is 8.33. The number of hydrogen-bond donors (Lipinski definition) is 1. The lowest BCUT2D eigenvalue weighted by Gasteiger charge is -2.23. The quantitative estimate of drug-likeness (QED) is 0.668. The van der Waals surface area contributed by atoms with Gasteiger partial charge in [0.2, 0.25) is 5.91 Å². The number of aromatic carboxylic acids is 1. The maximum atomic E-state index is 12.6. The van der Waals surface area contributed by atoms with E-state index in [2.05, 4.69) is 0 Å². The lowest BCUT2D eigenvalue weighted by atomic mass is 9.83. The minimum atomic E-state index is -0.925. The van der Waals surface area contributed by atoms with Crippen LogP contribution in [0.5, 0.6) is 0 Å². The second kappa shape index (κ2) is 7.47. The van der Waals surface area contributed by atoms with Crippen LogP contribution in [0.15, 0.2) is 29.1 Å². The lowest BCUT2D eigenvalue weighted by Crippen LogP contribution is -2.26. The van der Waals surface area contributed by atoms with E-state index in [1.807, 2.05) is 10.6 Å². The Morgan fingerprint density at radius 2 is 2.04 bits per heavy atom. The maximum Gasteiger partial charge on any atom is 0.345 e.